The molecular formula is C27H23N3O2S. The van der Waals surface area contributed by atoms with Crippen LogP contribution in [0.3, 0.4) is 0 Å². The van der Waals surface area contributed by atoms with Gasteiger partial charge in [-0.3, -0.25) is 14.6 Å². The summed E-state index contributed by atoms with van der Waals surface area (Å²) in [5.41, 5.74) is 4.68. The molecule has 6 heteroatoms. The van der Waals surface area contributed by atoms with Crippen LogP contribution in [0.15, 0.2) is 96.3 Å². The highest BCUT2D eigenvalue weighted by Crippen LogP contribution is 2.17. The minimum atomic E-state index is -0.384. The van der Waals surface area contributed by atoms with Gasteiger partial charge in [0.15, 0.2) is 0 Å². The molecule has 164 valence electrons. The molecule has 2 N–H and O–H groups in total. The average molecular weight is 454 g/mol. The summed E-state index contributed by atoms with van der Waals surface area (Å²) in [5, 5.41) is 7.57. The van der Waals surface area contributed by atoms with E-state index in [9.17, 15) is 9.59 Å². The number of nitrogens with one attached hydrogen (secondary N) is 2. The monoisotopic (exact) mass is 453 g/mol. The molecule has 0 atom stereocenters. The molecule has 4 rings (SSSR count). The van der Waals surface area contributed by atoms with E-state index in [1.807, 2.05) is 73.0 Å². The Hall–Kier alpha value is -4.03. The minimum Gasteiger partial charge on any atom is -0.321 e. The van der Waals surface area contributed by atoms with E-state index in [0.717, 1.165) is 22.4 Å². The number of carbonyl (C=O) groups is 2. The molecule has 2 heterocycles. The fourth-order valence-electron chi connectivity index (χ4n) is 3.21. The van der Waals surface area contributed by atoms with E-state index in [1.54, 1.807) is 30.6 Å². The summed E-state index contributed by atoms with van der Waals surface area (Å²) >= 11 is 1.49. The molecule has 0 bridgehead atoms. The Balaban J connectivity index is 1.48. The molecule has 0 unspecified atom stereocenters. The van der Waals surface area contributed by atoms with Crippen molar-refractivity contribution in [2.45, 2.75) is 13.3 Å². The van der Waals surface area contributed by atoms with Gasteiger partial charge in [-0.05, 0) is 78.4 Å². The zero-order valence-electron chi connectivity index (χ0n) is 18.1. The molecular weight excluding hydrogens is 430 g/mol. The van der Waals surface area contributed by atoms with E-state index in [4.69, 9.17) is 0 Å². The standard InChI is InChI=1S/C27H23N3O2S/c1-19-4-8-22(9-5-19)26(31)30-25(18-24-3-2-16-33-24)27(32)29-23-10-6-20(7-11-23)17-21-12-14-28-15-13-21/h2-16,18H,17H2,1H3,(H,29,32)(H,30,31)/b25-18-. The highest BCUT2D eigenvalue weighted by Gasteiger charge is 2.15. The average Bonchev–Trinajstić information content (AvgIpc) is 3.34. The highest BCUT2D eigenvalue weighted by atomic mass is 32.1. The first kappa shape index (κ1) is 22.2. The zero-order valence-corrected chi connectivity index (χ0v) is 18.9. The number of aromatic nitrogens is 1. The van der Waals surface area contributed by atoms with Crippen LogP contribution in [0.1, 0.15) is 31.9 Å². The molecule has 2 aromatic carbocycles. The quantitative estimate of drug-likeness (QED) is 0.366. The van der Waals surface area contributed by atoms with Gasteiger partial charge in [0, 0.05) is 28.5 Å². The smallest absolute Gasteiger partial charge is 0.272 e. The summed E-state index contributed by atoms with van der Waals surface area (Å²) in [6, 6.07) is 22.6. The molecule has 0 aliphatic rings. The Morgan fingerprint density at radius 1 is 0.909 bits per heavy atom. The van der Waals surface area contributed by atoms with Crippen molar-refractivity contribution in [2.24, 2.45) is 0 Å². The fraction of sp³-hybridized carbons (Fsp3) is 0.0741. The van der Waals surface area contributed by atoms with Crippen LogP contribution in [0.5, 0.6) is 0 Å². The number of thiophene rings is 1. The van der Waals surface area contributed by atoms with Crippen molar-refractivity contribution in [1.82, 2.24) is 10.3 Å². The van der Waals surface area contributed by atoms with Crippen molar-refractivity contribution in [3.63, 3.8) is 0 Å². The summed E-state index contributed by atoms with van der Waals surface area (Å²) in [4.78, 5) is 30.7. The summed E-state index contributed by atoms with van der Waals surface area (Å²) in [6.07, 6.45) is 6.02. The van der Waals surface area contributed by atoms with E-state index < -0.39 is 0 Å². The van der Waals surface area contributed by atoms with Crippen molar-refractivity contribution >= 4 is 34.9 Å². The first-order valence-electron chi connectivity index (χ1n) is 10.5. The number of benzene rings is 2. The van der Waals surface area contributed by atoms with Crippen LogP contribution in [0.4, 0.5) is 5.69 Å². The third kappa shape index (κ3) is 6.24. The minimum absolute atomic E-state index is 0.184. The first-order chi connectivity index (χ1) is 16.1. The normalized spacial score (nSPS) is 11.1. The second-order valence-corrected chi connectivity index (χ2v) is 8.56. The number of aryl methyl sites for hydroxylation is 1. The van der Waals surface area contributed by atoms with Crippen molar-refractivity contribution in [3.05, 3.63) is 123 Å². The van der Waals surface area contributed by atoms with Crippen molar-refractivity contribution in [3.8, 4) is 0 Å². The Morgan fingerprint density at radius 2 is 1.61 bits per heavy atom. The summed E-state index contributed by atoms with van der Waals surface area (Å²) in [5.74, 6) is -0.716. The van der Waals surface area contributed by atoms with E-state index in [1.165, 1.54) is 16.9 Å². The maximum Gasteiger partial charge on any atom is 0.272 e. The van der Waals surface area contributed by atoms with Gasteiger partial charge in [-0.2, -0.15) is 0 Å². The van der Waals surface area contributed by atoms with E-state index in [0.29, 0.717) is 11.3 Å². The van der Waals surface area contributed by atoms with Gasteiger partial charge in [0.2, 0.25) is 0 Å². The number of anilines is 1. The zero-order chi connectivity index (χ0) is 23.0. The summed E-state index contributed by atoms with van der Waals surface area (Å²) < 4.78 is 0. The topological polar surface area (TPSA) is 71.1 Å². The largest absolute Gasteiger partial charge is 0.321 e. The molecule has 0 aliphatic carbocycles. The molecule has 0 spiro atoms. The number of rotatable bonds is 7. The maximum atomic E-state index is 13.0. The van der Waals surface area contributed by atoms with Crippen LogP contribution in [0, 0.1) is 6.92 Å². The molecule has 0 saturated heterocycles. The lowest BCUT2D eigenvalue weighted by Gasteiger charge is -2.12. The first-order valence-corrected chi connectivity index (χ1v) is 11.4. The molecule has 0 aliphatic heterocycles. The lowest BCUT2D eigenvalue weighted by molar-refractivity contribution is -0.113. The summed E-state index contributed by atoms with van der Waals surface area (Å²) in [6.45, 7) is 1.96. The molecule has 0 radical (unpaired) electrons. The van der Waals surface area contributed by atoms with Crippen molar-refractivity contribution < 1.29 is 9.59 Å². The van der Waals surface area contributed by atoms with Gasteiger partial charge in [0.1, 0.15) is 5.70 Å². The maximum absolute atomic E-state index is 13.0. The molecule has 2 aromatic heterocycles. The van der Waals surface area contributed by atoms with Gasteiger partial charge < -0.3 is 10.6 Å². The Morgan fingerprint density at radius 3 is 2.27 bits per heavy atom. The van der Waals surface area contributed by atoms with Crippen LogP contribution >= 0.6 is 11.3 Å². The van der Waals surface area contributed by atoms with Gasteiger partial charge in [-0.15, -0.1) is 11.3 Å². The van der Waals surface area contributed by atoms with Crippen LogP contribution in [-0.2, 0) is 11.2 Å². The molecule has 0 fully saturated rings. The van der Waals surface area contributed by atoms with Crippen LogP contribution in [-0.4, -0.2) is 16.8 Å². The third-order valence-corrected chi connectivity index (χ3v) is 5.83. The van der Waals surface area contributed by atoms with Crippen LogP contribution in [0.2, 0.25) is 0 Å². The molecule has 0 saturated carbocycles. The number of amides is 2. The molecule has 33 heavy (non-hydrogen) atoms. The van der Waals surface area contributed by atoms with Gasteiger partial charge in [0.25, 0.3) is 11.8 Å². The molecule has 5 nitrogen and oxygen atoms in total. The number of nitrogens with zero attached hydrogens (tertiary/aromatic N) is 1. The second-order valence-electron chi connectivity index (χ2n) is 7.58. The van der Waals surface area contributed by atoms with Gasteiger partial charge in [-0.25, -0.2) is 0 Å². The fourth-order valence-corrected chi connectivity index (χ4v) is 3.87. The van der Waals surface area contributed by atoms with Crippen LogP contribution < -0.4 is 10.6 Å². The lowest BCUT2D eigenvalue weighted by atomic mass is 10.1. The Labute approximate surface area is 196 Å². The molecule has 2 amide bonds. The van der Waals surface area contributed by atoms with Gasteiger partial charge >= 0.3 is 0 Å². The number of carbonyl (C=O) groups excluding carboxylic acids is 2. The van der Waals surface area contributed by atoms with Crippen molar-refractivity contribution in [1.29, 1.82) is 0 Å². The predicted octanol–water partition coefficient (Wildman–Crippen LogP) is 5.45. The Kier molecular flexibility index (Phi) is 7.07. The van der Waals surface area contributed by atoms with E-state index in [-0.39, 0.29) is 17.5 Å². The second kappa shape index (κ2) is 10.5. The van der Waals surface area contributed by atoms with Crippen molar-refractivity contribution in [2.75, 3.05) is 5.32 Å². The lowest BCUT2D eigenvalue weighted by Crippen LogP contribution is -2.30. The number of pyridine rings is 1. The SMILES string of the molecule is Cc1ccc(C(=O)N/C(=C\c2cccs2)C(=O)Nc2ccc(Cc3ccncc3)cc2)cc1. The Bertz CT molecular complexity index is 1250. The van der Waals surface area contributed by atoms with E-state index in [2.05, 4.69) is 15.6 Å². The van der Waals surface area contributed by atoms with Crippen LogP contribution in [0.25, 0.3) is 6.08 Å². The number of hydrogen-bond donors (Lipinski definition) is 2. The predicted molar refractivity (Wildman–Crippen MR) is 133 cm³/mol. The molecule has 4 aromatic rings. The highest BCUT2D eigenvalue weighted by molar-refractivity contribution is 7.10. The van der Waals surface area contributed by atoms with E-state index >= 15 is 0 Å². The third-order valence-electron chi connectivity index (χ3n) is 5.01. The van der Waals surface area contributed by atoms with Gasteiger partial charge in [0.05, 0.1) is 0 Å². The number of hydrogen-bond acceptors (Lipinski definition) is 4. The summed E-state index contributed by atoms with van der Waals surface area (Å²) in [7, 11) is 0. The van der Waals surface area contributed by atoms with Gasteiger partial charge in [-0.1, -0.05) is 35.9 Å².